The van der Waals surface area contributed by atoms with Gasteiger partial charge in [-0.2, -0.15) is 0 Å². The first-order valence-electron chi connectivity index (χ1n) is 6.55. The molecule has 5 heteroatoms. The molecule has 1 aliphatic heterocycles. The molecule has 2 atom stereocenters. The molecule has 0 fully saturated rings. The van der Waals surface area contributed by atoms with E-state index in [0.717, 1.165) is 0 Å². The summed E-state index contributed by atoms with van der Waals surface area (Å²) in [4.78, 5) is 11.8. The van der Waals surface area contributed by atoms with Crippen molar-refractivity contribution in [1.82, 2.24) is 0 Å². The standard InChI is InChI=1S/C16H13ClFNO2/c1-8-12-6-11(18)7-13(14(12)19-16(8)21)15(20)9-3-2-4-10(17)5-9/h2-8,15,20H,1H3,(H,19,21). The van der Waals surface area contributed by atoms with Crippen molar-refractivity contribution in [2.45, 2.75) is 18.9 Å². The lowest BCUT2D eigenvalue weighted by Crippen LogP contribution is -2.09. The zero-order chi connectivity index (χ0) is 15.1. The van der Waals surface area contributed by atoms with Gasteiger partial charge in [-0.25, -0.2) is 4.39 Å². The summed E-state index contributed by atoms with van der Waals surface area (Å²) >= 11 is 5.92. The van der Waals surface area contributed by atoms with Gasteiger partial charge in [-0.3, -0.25) is 4.79 Å². The average Bonchev–Trinajstić information content (AvgIpc) is 2.73. The van der Waals surface area contributed by atoms with Crippen LogP contribution in [-0.4, -0.2) is 11.0 Å². The number of hydrogen-bond acceptors (Lipinski definition) is 2. The van der Waals surface area contributed by atoms with E-state index in [1.807, 2.05) is 0 Å². The Balaban J connectivity index is 2.11. The van der Waals surface area contributed by atoms with E-state index in [-0.39, 0.29) is 5.91 Å². The molecular weight excluding hydrogens is 293 g/mol. The molecule has 1 amide bonds. The summed E-state index contributed by atoms with van der Waals surface area (Å²) in [7, 11) is 0. The molecule has 0 radical (unpaired) electrons. The number of aliphatic hydroxyl groups is 1. The van der Waals surface area contributed by atoms with Crippen LogP contribution in [0.2, 0.25) is 5.02 Å². The van der Waals surface area contributed by atoms with E-state index in [1.165, 1.54) is 12.1 Å². The maximum atomic E-state index is 13.8. The Hall–Kier alpha value is -1.91. The van der Waals surface area contributed by atoms with Gasteiger partial charge in [0.05, 0.1) is 11.6 Å². The van der Waals surface area contributed by atoms with Crippen LogP contribution in [0.3, 0.4) is 0 Å². The van der Waals surface area contributed by atoms with Crippen LogP contribution in [0.1, 0.15) is 35.6 Å². The fourth-order valence-corrected chi connectivity index (χ4v) is 2.78. The van der Waals surface area contributed by atoms with Gasteiger partial charge in [0, 0.05) is 10.6 Å². The Labute approximate surface area is 126 Å². The molecule has 0 saturated heterocycles. The molecule has 108 valence electrons. The molecule has 3 rings (SSSR count). The maximum absolute atomic E-state index is 13.8. The first kappa shape index (κ1) is 14.0. The molecule has 2 aromatic carbocycles. The highest BCUT2D eigenvalue weighted by molar-refractivity contribution is 6.30. The minimum absolute atomic E-state index is 0.199. The Bertz CT molecular complexity index is 732. The second-order valence-corrected chi connectivity index (χ2v) is 5.56. The number of carbonyl (C=O) groups is 1. The number of aliphatic hydroxyl groups excluding tert-OH is 1. The van der Waals surface area contributed by atoms with Gasteiger partial charge in [-0.1, -0.05) is 23.7 Å². The van der Waals surface area contributed by atoms with Crippen molar-refractivity contribution < 1.29 is 14.3 Å². The largest absolute Gasteiger partial charge is 0.384 e. The minimum Gasteiger partial charge on any atom is -0.384 e. The summed E-state index contributed by atoms with van der Waals surface area (Å²) in [5.74, 6) is -1.11. The van der Waals surface area contributed by atoms with Gasteiger partial charge in [0.1, 0.15) is 11.9 Å². The van der Waals surface area contributed by atoms with Gasteiger partial charge in [0.15, 0.2) is 0 Å². The monoisotopic (exact) mass is 305 g/mol. The molecule has 0 spiro atoms. The predicted octanol–water partition coefficient (Wildman–Crippen LogP) is 3.62. The molecular formula is C16H13ClFNO2. The predicted molar refractivity (Wildman–Crippen MR) is 79.0 cm³/mol. The van der Waals surface area contributed by atoms with E-state index in [2.05, 4.69) is 5.32 Å². The van der Waals surface area contributed by atoms with Crippen molar-refractivity contribution in [3.05, 3.63) is 63.9 Å². The van der Waals surface area contributed by atoms with Crippen LogP contribution in [0.5, 0.6) is 0 Å². The van der Waals surface area contributed by atoms with Crippen LogP contribution < -0.4 is 5.32 Å². The van der Waals surface area contributed by atoms with Gasteiger partial charge in [-0.05, 0) is 42.3 Å². The number of fused-ring (bicyclic) bond motifs is 1. The molecule has 1 heterocycles. The summed E-state index contributed by atoms with van der Waals surface area (Å²) in [6, 6.07) is 9.28. The van der Waals surface area contributed by atoms with Crippen molar-refractivity contribution in [3.63, 3.8) is 0 Å². The lowest BCUT2D eigenvalue weighted by molar-refractivity contribution is -0.116. The van der Waals surface area contributed by atoms with Crippen LogP contribution in [0.4, 0.5) is 10.1 Å². The van der Waals surface area contributed by atoms with Crippen molar-refractivity contribution >= 4 is 23.2 Å². The second-order valence-electron chi connectivity index (χ2n) is 5.13. The molecule has 21 heavy (non-hydrogen) atoms. The molecule has 0 aromatic heterocycles. The molecule has 2 unspecified atom stereocenters. The van der Waals surface area contributed by atoms with Crippen molar-refractivity contribution in [3.8, 4) is 0 Å². The fraction of sp³-hybridized carbons (Fsp3) is 0.188. The SMILES string of the molecule is CC1C(=O)Nc2c1cc(F)cc2C(O)c1cccc(Cl)c1. The molecule has 2 N–H and O–H groups in total. The fourth-order valence-electron chi connectivity index (χ4n) is 2.58. The van der Waals surface area contributed by atoms with Crippen molar-refractivity contribution in [2.24, 2.45) is 0 Å². The van der Waals surface area contributed by atoms with Crippen LogP contribution in [-0.2, 0) is 4.79 Å². The average molecular weight is 306 g/mol. The van der Waals surface area contributed by atoms with E-state index in [1.54, 1.807) is 31.2 Å². The van der Waals surface area contributed by atoms with Crippen molar-refractivity contribution in [2.75, 3.05) is 5.32 Å². The van der Waals surface area contributed by atoms with Gasteiger partial charge < -0.3 is 10.4 Å². The van der Waals surface area contributed by atoms with Gasteiger partial charge in [0.2, 0.25) is 5.91 Å². The van der Waals surface area contributed by atoms with Crippen molar-refractivity contribution in [1.29, 1.82) is 0 Å². The lowest BCUT2D eigenvalue weighted by Gasteiger charge is -2.16. The van der Waals surface area contributed by atoms with Crippen LogP contribution >= 0.6 is 11.6 Å². The maximum Gasteiger partial charge on any atom is 0.231 e. The summed E-state index contributed by atoms with van der Waals surface area (Å²) in [6.45, 7) is 1.70. The Morgan fingerprint density at radius 1 is 1.33 bits per heavy atom. The van der Waals surface area contributed by atoms with E-state index in [9.17, 15) is 14.3 Å². The van der Waals surface area contributed by atoms with Gasteiger partial charge in [0.25, 0.3) is 0 Å². The number of hydrogen-bond donors (Lipinski definition) is 2. The highest BCUT2D eigenvalue weighted by Crippen LogP contribution is 2.40. The third-order valence-electron chi connectivity index (χ3n) is 3.73. The zero-order valence-corrected chi connectivity index (χ0v) is 12.0. The third-order valence-corrected chi connectivity index (χ3v) is 3.97. The third kappa shape index (κ3) is 2.41. The first-order chi connectivity index (χ1) is 9.97. The molecule has 1 aliphatic rings. The number of rotatable bonds is 2. The highest BCUT2D eigenvalue weighted by Gasteiger charge is 2.31. The number of nitrogens with one attached hydrogen (secondary N) is 1. The smallest absolute Gasteiger partial charge is 0.231 e. The number of amides is 1. The summed E-state index contributed by atoms with van der Waals surface area (Å²) in [6.07, 6.45) is -1.06. The molecule has 0 aliphatic carbocycles. The van der Waals surface area contributed by atoms with Crippen LogP contribution in [0, 0.1) is 5.82 Å². The van der Waals surface area contributed by atoms with Gasteiger partial charge in [-0.15, -0.1) is 0 Å². The number of carbonyl (C=O) groups excluding carboxylic acids is 1. The summed E-state index contributed by atoms with van der Waals surface area (Å²) < 4.78 is 13.8. The zero-order valence-electron chi connectivity index (χ0n) is 11.2. The molecule has 2 aromatic rings. The number of halogens is 2. The lowest BCUT2D eigenvalue weighted by atomic mass is 9.95. The Kier molecular flexibility index (Phi) is 3.43. The second kappa shape index (κ2) is 5.13. The Morgan fingerprint density at radius 3 is 2.81 bits per heavy atom. The summed E-state index contributed by atoms with van der Waals surface area (Å²) in [5.41, 5.74) is 1.94. The van der Waals surface area contributed by atoms with Gasteiger partial charge >= 0.3 is 0 Å². The van der Waals surface area contributed by atoms with Crippen LogP contribution in [0.15, 0.2) is 36.4 Å². The summed E-state index contributed by atoms with van der Waals surface area (Å²) in [5, 5.41) is 13.7. The minimum atomic E-state index is -1.06. The number of anilines is 1. The highest BCUT2D eigenvalue weighted by atomic mass is 35.5. The topological polar surface area (TPSA) is 49.3 Å². The quantitative estimate of drug-likeness (QED) is 0.890. The normalized spacial score (nSPS) is 18.3. The molecule has 0 saturated carbocycles. The molecule has 0 bridgehead atoms. The molecule has 3 nitrogen and oxygen atoms in total. The Morgan fingerprint density at radius 2 is 2.10 bits per heavy atom. The van der Waals surface area contributed by atoms with E-state index >= 15 is 0 Å². The first-order valence-corrected chi connectivity index (χ1v) is 6.93. The van der Waals surface area contributed by atoms with E-state index in [0.29, 0.717) is 27.4 Å². The van der Waals surface area contributed by atoms with E-state index in [4.69, 9.17) is 11.6 Å². The van der Waals surface area contributed by atoms with E-state index < -0.39 is 17.8 Å². The van der Waals surface area contributed by atoms with Crippen LogP contribution in [0.25, 0.3) is 0 Å². The number of benzene rings is 2.